The van der Waals surface area contributed by atoms with Gasteiger partial charge in [-0.1, -0.05) is 23.7 Å². The molecule has 2 aromatic carbocycles. The van der Waals surface area contributed by atoms with E-state index in [9.17, 15) is 9.59 Å². The molecule has 0 aromatic heterocycles. The van der Waals surface area contributed by atoms with Crippen molar-refractivity contribution in [1.82, 2.24) is 0 Å². The summed E-state index contributed by atoms with van der Waals surface area (Å²) in [6.45, 7) is 5.13. The summed E-state index contributed by atoms with van der Waals surface area (Å²) >= 11 is 6.04. The number of anilines is 3. The van der Waals surface area contributed by atoms with Crippen LogP contribution in [0, 0.1) is 6.92 Å². The fourth-order valence-corrected chi connectivity index (χ4v) is 2.39. The van der Waals surface area contributed by atoms with Crippen molar-refractivity contribution in [2.75, 3.05) is 16.0 Å². The molecule has 1 unspecified atom stereocenters. The monoisotopic (exact) mass is 345 g/mol. The van der Waals surface area contributed by atoms with Crippen LogP contribution in [0.4, 0.5) is 17.1 Å². The van der Waals surface area contributed by atoms with Crippen LogP contribution in [0.15, 0.2) is 42.5 Å². The molecule has 0 heterocycles. The van der Waals surface area contributed by atoms with Gasteiger partial charge in [0.15, 0.2) is 0 Å². The zero-order valence-electron chi connectivity index (χ0n) is 13.8. The maximum Gasteiger partial charge on any atom is 0.246 e. The second-order valence-corrected chi connectivity index (χ2v) is 5.95. The number of halogens is 1. The highest BCUT2D eigenvalue weighted by molar-refractivity contribution is 6.33. The number of benzene rings is 2. The molecule has 0 spiro atoms. The van der Waals surface area contributed by atoms with Gasteiger partial charge in [-0.2, -0.15) is 0 Å². The molecule has 2 rings (SSSR count). The lowest BCUT2D eigenvalue weighted by atomic mass is 10.1. The summed E-state index contributed by atoms with van der Waals surface area (Å²) in [5.41, 5.74) is 3.04. The second kappa shape index (κ2) is 7.84. The van der Waals surface area contributed by atoms with Gasteiger partial charge in [0.05, 0.1) is 10.7 Å². The average Bonchev–Trinajstić information content (AvgIpc) is 2.52. The second-order valence-electron chi connectivity index (χ2n) is 5.55. The number of carbonyl (C=O) groups excluding carboxylic acids is 2. The van der Waals surface area contributed by atoms with Gasteiger partial charge in [-0.3, -0.25) is 9.59 Å². The molecule has 2 aromatic rings. The number of nitrogens with one attached hydrogen (secondary N) is 3. The minimum Gasteiger partial charge on any atom is -0.374 e. The summed E-state index contributed by atoms with van der Waals surface area (Å²) in [6.07, 6.45) is 0. The van der Waals surface area contributed by atoms with E-state index in [1.807, 2.05) is 25.1 Å². The Kier molecular flexibility index (Phi) is 5.82. The standard InChI is InChI=1S/C18H20ClN3O2/c1-11-10-14(8-9-16(11)21-13(3)23)20-12(2)18(24)22-17-7-5-4-6-15(17)19/h4-10,12,20H,1-3H3,(H,21,23)(H,22,24). The van der Waals surface area contributed by atoms with Crippen LogP contribution in [0.5, 0.6) is 0 Å². The smallest absolute Gasteiger partial charge is 0.246 e. The molecule has 24 heavy (non-hydrogen) atoms. The third-order valence-corrected chi connectivity index (χ3v) is 3.77. The molecule has 5 nitrogen and oxygen atoms in total. The zero-order valence-corrected chi connectivity index (χ0v) is 14.6. The molecule has 0 saturated carbocycles. The van der Waals surface area contributed by atoms with Crippen molar-refractivity contribution in [2.45, 2.75) is 26.8 Å². The van der Waals surface area contributed by atoms with Crippen LogP contribution >= 0.6 is 11.6 Å². The molecule has 0 aliphatic carbocycles. The molecule has 0 radical (unpaired) electrons. The number of aryl methyl sites for hydroxylation is 1. The number of hydrogen-bond acceptors (Lipinski definition) is 3. The van der Waals surface area contributed by atoms with E-state index in [4.69, 9.17) is 11.6 Å². The van der Waals surface area contributed by atoms with Gasteiger partial charge in [0.25, 0.3) is 0 Å². The summed E-state index contributed by atoms with van der Waals surface area (Å²) in [5, 5.41) is 9.18. The molecule has 0 saturated heterocycles. The molecule has 6 heteroatoms. The molecule has 3 N–H and O–H groups in total. The van der Waals surface area contributed by atoms with Crippen molar-refractivity contribution in [2.24, 2.45) is 0 Å². The van der Waals surface area contributed by atoms with Crippen molar-refractivity contribution >= 4 is 40.5 Å². The first-order valence-electron chi connectivity index (χ1n) is 7.57. The van der Waals surface area contributed by atoms with E-state index < -0.39 is 6.04 Å². The van der Waals surface area contributed by atoms with Gasteiger partial charge in [-0.25, -0.2) is 0 Å². The maximum atomic E-state index is 12.3. The van der Waals surface area contributed by atoms with E-state index in [1.165, 1.54) is 6.92 Å². The van der Waals surface area contributed by atoms with Gasteiger partial charge in [-0.15, -0.1) is 0 Å². The Morgan fingerprint density at radius 3 is 2.38 bits per heavy atom. The number of rotatable bonds is 5. The minimum absolute atomic E-state index is 0.119. The molecule has 0 fully saturated rings. The molecule has 0 aliphatic rings. The Bertz CT molecular complexity index is 762. The van der Waals surface area contributed by atoms with Crippen LogP contribution in [0.1, 0.15) is 19.4 Å². The quantitative estimate of drug-likeness (QED) is 0.765. The highest BCUT2D eigenvalue weighted by Gasteiger charge is 2.14. The lowest BCUT2D eigenvalue weighted by Crippen LogP contribution is -2.32. The fraction of sp³-hybridized carbons (Fsp3) is 0.222. The van der Waals surface area contributed by atoms with Crippen molar-refractivity contribution in [3.05, 3.63) is 53.1 Å². The van der Waals surface area contributed by atoms with Gasteiger partial charge < -0.3 is 16.0 Å². The number of amides is 2. The van der Waals surface area contributed by atoms with Gasteiger partial charge in [0.1, 0.15) is 6.04 Å². The molecular weight excluding hydrogens is 326 g/mol. The largest absolute Gasteiger partial charge is 0.374 e. The summed E-state index contributed by atoms with van der Waals surface area (Å²) in [4.78, 5) is 23.4. The molecule has 0 aliphatic heterocycles. The molecular formula is C18H20ClN3O2. The summed E-state index contributed by atoms with van der Waals surface area (Å²) in [5.74, 6) is -0.307. The zero-order chi connectivity index (χ0) is 17.7. The van der Waals surface area contributed by atoms with Crippen LogP contribution in [0.2, 0.25) is 5.02 Å². The average molecular weight is 346 g/mol. The van der Waals surface area contributed by atoms with E-state index in [0.29, 0.717) is 10.7 Å². The number of carbonyl (C=O) groups is 2. The van der Waals surface area contributed by atoms with E-state index in [0.717, 1.165) is 16.9 Å². The first kappa shape index (κ1) is 17.8. The maximum absolute atomic E-state index is 12.3. The Morgan fingerprint density at radius 2 is 1.75 bits per heavy atom. The third kappa shape index (κ3) is 4.73. The Morgan fingerprint density at radius 1 is 1.04 bits per heavy atom. The Hall–Kier alpha value is -2.53. The van der Waals surface area contributed by atoms with E-state index >= 15 is 0 Å². The minimum atomic E-state index is -0.452. The molecule has 126 valence electrons. The molecule has 1 atom stereocenters. The summed E-state index contributed by atoms with van der Waals surface area (Å²) in [6, 6.07) is 12.1. The van der Waals surface area contributed by atoms with Crippen LogP contribution in [0.25, 0.3) is 0 Å². The Labute approximate surface area is 146 Å². The van der Waals surface area contributed by atoms with E-state index in [-0.39, 0.29) is 11.8 Å². The van der Waals surface area contributed by atoms with Crippen molar-refractivity contribution in [1.29, 1.82) is 0 Å². The lowest BCUT2D eigenvalue weighted by molar-refractivity contribution is -0.116. The van der Waals surface area contributed by atoms with Gasteiger partial charge in [0.2, 0.25) is 11.8 Å². The first-order chi connectivity index (χ1) is 11.4. The lowest BCUT2D eigenvalue weighted by Gasteiger charge is -2.17. The molecule has 2 amide bonds. The van der Waals surface area contributed by atoms with Gasteiger partial charge in [0, 0.05) is 18.3 Å². The van der Waals surface area contributed by atoms with Crippen molar-refractivity contribution < 1.29 is 9.59 Å². The van der Waals surface area contributed by atoms with Crippen LogP contribution in [0.3, 0.4) is 0 Å². The predicted octanol–water partition coefficient (Wildman–Crippen LogP) is 4.05. The van der Waals surface area contributed by atoms with Crippen LogP contribution < -0.4 is 16.0 Å². The highest BCUT2D eigenvalue weighted by atomic mass is 35.5. The first-order valence-corrected chi connectivity index (χ1v) is 7.95. The topological polar surface area (TPSA) is 70.2 Å². The number of hydrogen-bond donors (Lipinski definition) is 3. The van der Waals surface area contributed by atoms with E-state index in [2.05, 4.69) is 16.0 Å². The fourth-order valence-electron chi connectivity index (χ4n) is 2.20. The van der Waals surface area contributed by atoms with E-state index in [1.54, 1.807) is 31.2 Å². The SMILES string of the molecule is CC(=O)Nc1ccc(NC(C)C(=O)Nc2ccccc2Cl)cc1C. The normalized spacial score (nSPS) is 11.5. The summed E-state index contributed by atoms with van der Waals surface area (Å²) in [7, 11) is 0. The Balaban J connectivity index is 2.02. The number of para-hydroxylation sites is 1. The third-order valence-electron chi connectivity index (χ3n) is 3.45. The van der Waals surface area contributed by atoms with Gasteiger partial charge >= 0.3 is 0 Å². The highest BCUT2D eigenvalue weighted by Crippen LogP contribution is 2.22. The van der Waals surface area contributed by atoms with Crippen LogP contribution in [-0.2, 0) is 9.59 Å². The van der Waals surface area contributed by atoms with Crippen molar-refractivity contribution in [3.8, 4) is 0 Å². The molecule has 0 bridgehead atoms. The van der Waals surface area contributed by atoms with Crippen LogP contribution in [-0.4, -0.2) is 17.9 Å². The summed E-state index contributed by atoms with van der Waals surface area (Å²) < 4.78 is 0. The van der Waals surface area contributed by atoms with Gasteiger partial charge in [-0.05, 0) is 49.7 Å². The van der Waals surface area contributed by atoms with Crippen molar-refractivity contribution in [3.63, 3.8) is 0 Å². The predicted molar refractivity (Wildman–Crippen MR) is 98.6 cm³/mol.